The van der Waals surface area contributed by atoms with Crippen molar-refractivity contribution in [3.63, 3.8) is 0 Å². The molecule has 1 aromatic carbocycles. The van der Waals surface area contributed by atoms with E-state index in [2.05, 4.69) is 40.9 Å². The molecule has 1 amide bonds. The fraction of sp³-hybridized carbons (Fsp3) is 0.556. The van der Waals surface area contributed by atoms with E-state index in [1.54, 1.807) is 0 Å². The second-order valence-corrected chi connectivity index (χ2v) is 6.79. The number of carbonyl (C=O) groups is 1. The van der Waals surface area contributed by atoms with Gasteiger partial charge in [-0.1, -0.05) is 24.3 Å². The average Bonchev–Trinajstić information content (AvgIpc) is 3.03. The number of thioether (sulfide) groups is 1. The Labute approximate surface area is 172 Å². The van der Waals surface area contributed by atoms with Crippen LogP contribution in [-0.2, 0) is 17.9 Å². The molecule has 0 saturated carbocycles. The Morgan fingerprint density at radius 1 is 1.24 bits per heavy atom. The van der Waals surface area contributed by atoms with Crippen LogP contribution in [0.15, 0.2) is 29.3 Å². The highest BCUT2D eigenvalue weighted by atomic mass is 127. The van der Waals surface area contributed by atoms with E-state index >= 15 is 0 Å². The summed E-state index contributed by atoms with van der Waals surface area (Å²) in [4.78, 5) is 18.8. The van der Waals surface area contributed by atoms with Crippen LogP contribution in [0.5, 0.6) is 0 Å². The van der Waals surface area contributed by atoms with Gasteiger partial charge in [0, 0.05) is 44.9 Å². The van der Waals surface area contributed by atoms with Crippen molar-refractivity contribution in [1.82, 2.24) is 15.5 Å². The van der Waals surface area contributed by atoms with Crippen LogP contribution in [0.4, 0.5) is 0 Å². The van der Waals surface area contributed by atoms with Crippen molar-refractivity contribution in [2.45, 2.75) is 32.9 Å². The number of nitrogens with zero attached hydrogens (tertiary/aromatic N) is 2. The number of rotatable bonds is 8. The van der Waals surface area contributed by atoms with Gasteiger partial charge in [0.05, 0.1) is 0 Å². The number of hydrogen-bond acceptors (Lipinski definition) is 3. The Kier molecular flexibility index (Phi) is 11.0. The Morgan fingerprint density at radius 3 is 2.52 bits per heavy atom. The van der Waals surface area contributed by atoms with Gasteiger partial charge in [-0.05, 0) is 30.7 Å². The molecule has 2 N–H and O–H groups in total. The summed E-state index contributed by atoms with van der Waals surface area (Å²) in [5, 5.41) is 6.53. The lowest BCUT2D eigenvalue weighted by Crippen LogP contribution is -2.38. The number of nitrogens with one attached hydrogen (secondary N) is 2. The number of carbonyl (C=O) groups excluding carboxylic acids is 1. The summed E-state index contributed by atoms with van der Waals surface area (Å²) >= 11 is 1.81. The third-order valence-corrected chi connectivity index (χ3v) is 4.57. The first kappa shape index (κ1) is 22.1. The molecule has 0 bridgehead atoms. The van der Waals surface area contributed by atoms with Gasteiger partial charge < -0.3 is 15.5 Å². The maximum atomic E-state index is 12.3. The molecule has 1 aliphatic heterocycles. The number of halogens is 1. The quantitative estimate of drug-likeness (QED) is 0.262. The number of hydrogen-bond donors (Lipinski definition) is 2. The third-order valence-electron chi connectivity index (χ3n) is 3.96. The van der Waals surface area contributed by atoms with E-state index in [9.17, 15) is 4.79 Å². The number of amides is 1. The van der Waals surface area contributed by atoms with Crippen molar-refractivity contribution < 1.29 is 4.79 Å². The summed E-state index contributed by atoms with van der Waals surface area (Å²) in [6.45, 7) is 5.96. The maximum absolute atomic E-state index is 12.3. The highest BCUT2D eigenvalue weighted by Gasteiger charge is 2.22. The average molecular weight is 476 g/mol. The van der Waals surface area contributed by atoms with Gasteiger partial charge >= 0.3 is 0 Å². The highest BCUT2D eigenvalue weighted by Crippen LogP contribution is 2.22. The second kappa shape index (κ2) is 12.4. The van der Waals surface area contributed by atoms with E-state index in [0.717, 1.165) is 44.3 Å². The predicted molar refractivity (Wildman–Crippen MR) is 118 cm³/mol. The molecule has 1 aromatic rings. The van der Waals surface area contributed by atoms with Crippen molar-refractivity contribution in [1.29, 1.82) is 0 Å². The fourth-order valence-corrected chi connectivity index (χ4v) is 3.01. The molecular weight excluding hydrogens is 447 g/mol. The second-order valence-electron chi connectivity index (χ2n) is 5.80. The van der Waals surface area contributed by atoms with Crippen LogP contribution >= 0.6 is 35.7 Å². The van der Waals surface area contributed by atoms with Gasteiger partial charge in [0.15, 0.2) is 5.96 Å². The van der Waals surface area contributed by atoms with E-state index in [-0.39, 0.29) is 29.9 Å². The van der Waals surface area contributed by atoms with E-state index in [0.29, 0.717) is 13.0 Å². The number of fused-ring (bicyclic) bond motifs is 1. The summed E-state index contributed by atoms with van der Waals surface area (Å²) in [5.74, 6) is 2.12. The molecule has 0 spiro atoms. The monoisotopic (exact) mass is 476 g/mol. The minimum absolute atomic E-state index is 0. The number of aliphatic imine (C=N–C) groups is 1. The van der Waals surface area contributed by atoms with Gasteiger partial charge in [0.2, 0.25) is 5.91 Å². The normalized spacial score (nSPS) is 13.2. The largest absolute Gasteiger partial charge is 0.357 e. The van der Waals surface area contributed by atoms with Crippen LogP contribution in [0.1, 0.15) is 30.9 Å². The van der Waals surface area contributed by atoms with Crippen molar-refractivity contribution in [2.75, 3.05) is 31.6 Å². The number of guanidine groups is 1. The Hall–Kier alpha value is -0.960. The van der Waals surface area contributed by atoms with Crippen LogP contribution in [0.3, 0.4) is 0 Å². The van der Waals surface area contributed by atoms with Gasteiger partial charge in [0.25, 0.3) is 0 Å². The molecule has 1 heterocycles. The first-order valence-electron chi connectivity index (χ1n) is 8.60. The molecular formula is C18H29IN4OS. The topological polar surface area (TPSA) is 56.7 Å². The number of benzene rings is 1. The van der Waals surface area contributed by atoms with Crippen molar-refractivity contribution in [3.8, 4) is 0 Å². The van der Waals surface area contributed by atoms with Crippen LogP contribution in [0.25, 0.3) is 0 Å². The summed E-state index contributed by atoms with van der Waals surface area (Å²) in [6.07, 6.45) is 3.43. The molecule has 25 heavy (non-hydrogen) atoms. The van der Waals surface area contributed by atoms with Crippen molar-refractivity contribution in [3.05, 3.63) is 35.4 Å². The lowest BCUT2D eigenvalue weighted by Gasteiger charge is -2.15. The van der Waals surface area contributed by atoms with E-state index in [1.807, 2.05) is 28.8 Å². The molecule has 0 fully saturated rings. The molecule has 1 aliphatic rings. The van der Waals surface area contributed by atoms with Gasteiger partial charge in [-0.3, -0.25) is 9.79 Å². The molecule has 0 radical (unpaired) electrons. The maximum Gasteiger partial charge on any atom is 0.223 e. The van der Waals surface area contributed by atoms with Gasteiger partial charge in [0.1, 0.15) is 0 Å². The Bertz CT molecular complexity index is 543. The van der Waals surface area contributed by atoms with Gasteiger partial charge in [-0.2, -0.15) is 11.8 Å². The summed E-state index contributed by atoms with van der Waals surface area (Å²) < 4.78 is 0. The molecule has 0 saturated heterocycles. The van der Waals surface area contributed by atoms with Gasteiger partial charge in [-0.15, -0.1) is 24.0 Å². The highest BCUT2D eigenvalue weighted by molar-refractivity contribution is 14.0. The molecule has 0 unspecified atom stereocenters. The SMILES string of the molecule is CCNC(=NCCCC(=O)N1Cc2ccccc2C1)NCCSC.I. The summed E-state index contributed by atoms with van der Waals surface area (Å²) in [7, 11) is 0. The van der Waals surface area contributed by atoms with Crippen molar-refractivity contribution in [2.24, 2.45) is 4.99 Å². The van der Waals surface area contributed by atoms with E-state index < -0.39 is 0 Å². The zero-order valence-corrected chi connectivity index (χ0v) is 18.2. The molecule has 0 aliphatic carbocycles. The molecule has 7 heteroatoms. The van der Waals surface area contributed by atoms with Gasteiger partial charge in [-0.25, -0.2) is 0 Å². The lowest BCUT2D eigenvalue weighted by molar-refractivity contribution is -0.131. The standard InChI is InChI=1S/C18H28N4OS.HI/c1-3-19-18(21-11-12-24-2)20-10-6-9-17(23)22-13-15-7-4-5-8-16(15)14-22;/h4-5,7-8H,3,6,9-14H2,1-2H3,(H2,19,20,21);1H. The Morgan fingerprint density at radius 2 is 1.92 bits per heavy atom. The van der Waals surface area contributed by atoms with Crippen LogP contribution in [-0.4, -0.2) is 48.4 Å². The van der Waals surface area contributed by atoms with Crippen molar-refractivity contribution >= 4 is 47.6 Å². The molecule has 5 nitrogen and oxygen atoms in total. The van der Waals surface area contributed by atoms with Crippen LogP contribution < -0.4 is 10.6 Å². The van der Waals surface area contributed by atoms with Crippen LogP contribution in [0.2, 0.25) is 0 Å². The minimum atomic E-state index is 0. The summed E-state index contributed by atoms with van der Waals surface area (Å²) in [6, 6.07) is 8.29. The zero-order valence-electron chi connectivity index (χ0n) is 15.1. The minimum Gasteiger partial charge on any atom is -0.357 e. The molecule has 0 aromatic heterocycles. The molecule has 140 valence electrons. The summed E-state index contributed by atoms with van der Waals surface area (Å²) in [5.41, 5.74) is 2.55. The molecule has 0 atom stereocenters. The van der Waals surface area contributed by atoms with E-state index in [4.69, 9.17) is 0 Å². The first-order valence-corrected chi connectivity index (χ1v) is 9.99. The fourth-order valence-electron chi connectivity index (χ4n) is 2.70. The van der Waals surface area contributed by atoms with E-state index in [1.165, 1.54) is 11.1 Å². The predicted octanol–water partition coefficient (Wildman–Crippen LogP) is 2.85. The third kappa shape index (κ3) is 7.43. The first-order chi connectivity index (χ1) is 11.7. The molecule has 2 rings (SSSR count). The Balaban J connectivity index is 0.00000312. The lowest BCUT2D eigenvalue weighted by atomic mass is 10.1. The zero-order chi connectivity index (χ0) is 17.2. The van der Waals surface area contributed by atoms with Crippen LogP contribution in [0, 0.1) is 0 Å². The smallest absolute Gasteiger partial charge is 0.223 e.